The molecule has 1 aromatic carbocycles. The van der Waals surface area contributed by atoms with Gasteiger partial charge in [0.05, 0.1) is 4.90 Å². The van der Waals surface area contributed by atoms with Crippen molar-refractivity contribution in [1.29, 1.82) is 0 Å². The summed E-state index contributed by atoms with van der Waals surface area (Å²) >= 11 is 2.88. The standard InChI is InChI=1S/C9H9N3O2S3/c10-7-5-6(17(11,13)14)1-2-8(7)16-9-12-3-4-15-9/h1-5H,10H2,(H2,11,13,14). The Morgan fingerprint density at radius 3 is 2.65 bits per heavy atom. The molecule has 0 spiro atoms. The molecule has 0 atom stereocenters. The van der Waals surface area contributed by atoms with Crippen molar-refractivity contribution in [2.24, 2.45) is 5.14 Å². The van der Waals surface area contributed by atoms with E-state index in [0.717, 1.165) is 9.24 Å². The second kappa shape index (κ2) is 4.65. The Bertz CT molecular complexity index is 623. The average Bonchev–Trinajstić information content (AvgIpc) is 2.72. The van der Waals surface area contributed by atoms with Crippen LogP contribution < -0.4 is 10.9 Å². The quantitative estimate of drug-likeness (QED) is 0.834. The van der Waals surface area contributed by atoms with Gasteiger partial charge in [-0.25, -0.2) is 18.5 Å². The zero-order chi connectivity index (χ0) is 12.5. The third-order valence-electron chi connectivity index (χ3n) is 1.92. The molecule has 5 nitrogen and oxygen atoms in total. The van der Waals surface area contributed by atoms with Crippen molar-refractivity contribution in [2.45, 2.75) is 14.1 Å². The molecule has 0 amide bonds. The third kappa shape index (κ3) is 2.97. The first-order valence-corrected chi connectivity index (χ1v) is 7.71. The Balaban J connectivity index is 2.33. The highest BCUT2D eigenvalue weighted by Gasteiger charge is 2.11. The van der Waals surface area contributed by atoms with Gasteiger partial charge in [-0.2, -0.15) is 0 Å². The van der Waals surface area contributed by atoms with Crippen LogP contribution in [-0.4, -0.2) is 13.4 Å². The zero-order valence-electron chi connectivity index (χ0n) is 8.53. The lowest BCUT2D eigenvalue weighted by atomic mass is 10.3. The van der Waals surface area contributed by atoms with Crippen molar-refractivity contribution in [2.75, 3.05) is 5.73 Å². The molecule has 4 N–H and O–H groups in total. The molecule has 0 radical (unpaired) electrons. The van der Waals surface area contributed by atoms with Gasteiger partial charge in [-0.15, -0.1) is 11.3 Å². The summed E-state index contributed by atoms with van der Waals surface area (Å²) in [6, 6.07) is 4.41. The van der Waals surface area contributed by atoms with Crippen LogP contribution in [0.1, 0.15) is 0 Å². The number of aromatic nitrogens is 1. The van der Waals surface area contributed by atoms with Crippen LogP contribution in [0.5, 0.6) is 0 Å². The molecule has 0 aliphatic carbocycles. The number of benzene rings is 1. The molecule has 0 saturated heterocycles. The Labute approximate surface area is 107 Å². The lowest BCUT2D eigenvalue weighted by molar-refractivity contribution is 0.598. The molecular formula is C9H9N3O2S3. The molecule has 90 valence electrons. The molecule has 2 aromatic rings. The Morgan fingerprint density at radius 1 is 1.35 bits per heavy atom. The van der Waals surface area contributed by atoms with Gasteiger partial charge in [0, 0.05) is 22.2 Å². The van der Waals surface area contributed by atoms with Gasteiger partial charge in [-0.1, -0.05) is 11.8 Å². The predicted molar refractivity (Wildman–Crippen MR) is 68.5 cm³/mol. The minimum absolute atomic E-state index is 0.0125. The van der Waals surface area contributed by atoms with Crippen molar-refractivity contribution in [3.63, 3.8) is 0 Å². The molecule has 0 fully saturated rings. The zero-order valence-corrected chi connectivity index (χ0v) is 11.0. The smallest absolute Gasteiger partial charge is 0.238 e. The van der Waals surface area contributed by atoms with Crippen LogP contribution in [0.2, 0.25) is 0 Å². The lowest BCUT2D eigenvalue weighted by Crippen LogP contribution is -2.12. The fourth-order valence-corrected chi connectivity index (χ4v) is 3.30. The molecule has 1 aromatic heterocycles. The molecule has 0 bridgehead atoms. The highest BCUT2D eigenvalue weighted by atomic mass is 32.2. The summed E-state index contributed by atoms with van der Waals surface area (Å²) in [5, 5.41) is 6.87. The van der Waals surface area contributed by atoms with Crippen molar-refractivity contribution in [3.05, 3.63) is 29.8 Å². The number of nitrogens with two attached hydrogens (primary N) is 2. The fourth-order valence-electron chi connectivity index (χ4n) is 1.15. The van der Waals surface area contributed by atoms with Crippen molar-refractivity contribution in [3.8, 4) is 0 Å². The van der Waals surface area contributed by atoms with E-state index in [9.17, 15) is 8.42 Å². The molecular weight excluding hydrogens is 278 g/mol. The second-order valence-electron chi connectivity index (χ2n) is 3.14. The van der Waals surface area contributed by atoms with Gasteiger partial charge < -0.3 is 5.73 Å². The normalized spacial score (nSPS) is 11.6. The van der Waals surface area contributed by atoms with Gasteiger partial charge in [0.2, 0.25) is 10.0 Å². The minimum Gasteiger partial charge on any atom is -0.398 e. The second-order valence-corrected chi connectivity index (χ2v) is 6.89. The first-order valence-electron chi connectivity index (χ1n) is 4.46. The molecule has 0 aliphatic heterocycles. The van der Waals surface area contributed by atoms with Crippen LogP contribution in [0.4, 0.5) is 5.69 Å². The first kappa shape index (κ1) is 12.4. The summed E-state index contributed by atoms with van der Waals surface area (Å²) in [5.41, 5.74) is 6.14. The van der Waals surface area contributed by atoms with E-state index in [1.165, 1.54) is 35.2 Å². The Hall–Kier alpha value is -1.09. The number of hydrogen-bond acceptors (Lipinski definition) is 6. The van der Waals surface area contributed by atoms with E-state index in [2.05, 4.69) is 4.98 Å². The van der Waals surface area contributed by atoms with Crippen LogP contribution in [-0.2, 0) is 10.0 Å². The van der Waals surface area contributed by atoms with Crippen molar-refractivity contribution < 1.29 is 8.42 Å². The van der Waals surface area contributed by atoms with Crippen LogP contribution in [0.25, 0.3) is 0 Å². The van der Waals surface area contributed by atoms with Gasteiger partial charge in [-0.05, 0) is 18.2 Å². The number of primary sulfonamides is 1. The Kier molecular flexibility index (Phi) is 3.38. The van der Waals surface area contributed by atoms with Crippen molar-refractivity contribution >= 4 is 38.8 Å². The molecule has 0 aliphatic rings. The fraction of sp³-hybridized carbons (Fsp3) is 0. The van der Waals surface area contributed by atoms with Crippen LogP contribution in [0.3, 0.4) is 0 Å². The number of anilines is 1. The lowest BCUT2D eigenvalue weighted by Gasteiger charge is -2.05. The van der Waals surface area contributed by atoms with E-state index in [4.69, 9.17) is 10.9 Å². The highest BCUT2D eigenvalue weighted by molar-refractivity contribution is 8.01. The summed E-state index contributed by atoms with van der Waals surface area (Å²) in [6.45, 7) is 0. The number of nitrogen functional groups attached to an aromatic ring is 1. The van der Waals surface area contributed by atoms with Gasteiger partial charge >= 0.3 is 0 Å². The van der Waals surface area contributed by atoms with Crippen molar-refractivity contribution in [1.82, 2.24) is 4.98 Å². The summed E-state index contributed by atoms with van der Waals surface area (Å²) < 4.78 is 23.1. The predicted octanol–water partition coefficient (Wildman–Crippen LogP) is 1.52. The van der Waals surface area contributed by atoms with E-state index >= 15 is 0 Å². The van der Waals surface area contributed by atoms with E-state index < -0.39 is 10.0 Å². The number of sulfonamides is 1. The number of nitrogens with zero attached hydrogens (tertiary/aromatic N) is 1. The van der Waals surface area contributed by atoms with Crippen LogP contribution in [0.15, 0.2) is 43.9 Å². The number of thiazole rings is 1. The highest BCUT2D eigenvalue weighted by Crippen LogP contribution is 2.34. The SMILES string of the molecule is Nc1cc(S(N)(=O)=O)ccc1Sc1nccs1. The van der Waals surface area contributed by atoms with Gasteiger partial charge in [0.25, 0.3) is 0 Å². The molecule has 2 rings (SSSR count). The van der Waals surface area contributed by atoms with Gasteiger partial charge in [0.15, 0.2) is 4.34 Å². The van der Waals surface area contributed by atoms with E-state index in [0.29, 0.717) is 5.69 Å². The monoisotopic (exact) mass is 287 g/mol. The number of rotatable bonds is 3. The summed E-state index contributed by atoms with van der Waals surface area (Å²) in [7, 11) is -3.71. The van der Waals surface area contributed by atoms with Crippen LogP contribution >= 0.6 is 23.1 Å². The average molecular weight is 287 g/mol. The molecule has 17 heavy (non-hydrogen) atoms. The minimum atomic E-state index is -3.71. The molecule has 1 heterocycles. The first-order chi connectivity index (χ1) is 7.97. The topological polar surface area (TPSA) is 99.1 Å². The summed E-state index contributed by atoms with van der Waals surface area (Å²) in [5.74, 6) is 0. The maximum Gasteiger partial charge on any atom is 0.238 e. The Morgan fingerprint density at radius 2 is 2.12 bits per heavy atom. The third-order valence-corrected chi connectivity index (χ3v) is 4.80. The van der Waals surface area contributed by atoms with E-state index in [1.54, 1.807) is 12.3 Å². The maximum absolute atomic E-state index is 11.1. The van der Waals surface area contributed by atoms with Gasteiger partial charge in [0.1, 0.15) is 0 Å². The van der Waals surface area contributed by atoms with Gasteiger partial charge in [-0.3, -0.25) is 0 Å². The largest absolute Gasteiger partial charge is 0.398 e. The molecule has 8 heteroatoms. The maximum atomic E-state index is 11.1. The summed E-state index contributed by atoms with van der Waals surface area (Å²) in [6.07, 6.45) is 1.70. The molecule has 0 unspecified atom stereocenters. The van der Waals surface area contributed by atoms with Crippen LogP contribution in [0, 0.1) is 0 Å². The van der Waals surface area contributed by atoms with E-state index in [1.807, 2.05) is 5.38 Å². The summed E-state index contributed by atoms with van der Waals surface area (Å²) in [4.78, 5) is 4.88. The number of hydrogen-bond donors (Lipinski definition) is 2. The molecule has 0 saturated carbocycles. The van der Waals surface area contributed by atoms with E-state index in [-0.39, 0.29) is 4.90 Å².